The molecule has 6 heteroatoms. The zero-order chi connectivity index (χ0) is 15.2. The number of thiophene rings is 1. The third-order valence-electron chi connectivity index (χ3n) is 3.58. The van der Waals surface area contributed by atoms with Gasteiger partial charge >= 0.3 is 0 Å². The molecule has 0 aliphatic rings. The fraction of sp³-hybridized carbons (Fsp3) is 0.600. The second kappa shape index (κ2) is 7.68. The topological polar surface area (TPSA) is 46.0 Å². The highest BCUT2D eigenvalue weighted by atomic mass is 32.1. The summed E-state index contributed by atoms with van der Waals surface area (Å²) < 4.78 is 1.93. The van der Waals surface area contributed by atoms with E-state index < -0.39 is 0 Å². The standard InChI is InChI=1S/C15H25N5S/c1-12(2)16-10-14-11-20(18-17-14)8-7-19(4)13(3)15-6-5-9-21-15/h5-6,9,11-13,16H,7-8,10H2,1-4H3. The number of nitrogens with one attached hydrogen (secondary N) is 1. The third-order valence-corrected chi connectivity index (χ3v) is 4.62. The summed E-state index contributed by atoms with van der Waals surface area (Å²) in [7, 11) is 2.16. The van der Waals surface area contributed by atoms with Crippen molar-refractivity contribution in [3.8, 4) is 0 Å². The smallest absolute Gasteiger partial charge is 0.0964 e. The van der Waals surface area contributed by atoms with Crippen molar-refractivity contribution in [1.29, 1.82) is 0 Å². The van der Waals surface area contributed by atoms with Crippen LogP contribution in [0.15, 0.2) is 23.7 Å². The first kappa shape index (κ1) is 16.1. The first-order valence-corrected chi connectivity index (χ1v) is 8.30. The quantitative estimate of drug-likeness (QED) is 0.814. The molecule has 2 heterocycles. The van der Waals surface area contributed by atoms with Crippen LogP contribution in [0.1, 0.15) is 37.4 Å². The van der Waals surface area contributed by atoms with E-state index in [1.54, 1.807) is 0 Å². The average molecular weight is 307 g/mol. The molecule has 21 heavy (non-hydrogen) atoms. The van der Waals surface area contributed by atoms with Gasteiger partial charge in [-0.05, 0) is 25.4 Å². The minimum absolute atomic E-state index is 0.440. The number of likely N-dealkylation sites (N-methyl/N-ethyl adjacent to an activating group) is 1. The van der Waals surface area contributed by atoms with E-state index >= 15 is 0 Å². The Morgan fingerprint density at radius 3 is 2.86 bits per heavy atom. The lowest BCUT2D eigenvalue weighted by Gasteiger charge is -2.23. The van der Waals surface area contributed by atoms with Gasteiger partial charge in [0.15, 0.2) is 0 Å². The van der Waals surface area contributed by atoms with Gasteiger partial charge in [0.2, 0.25) is 0 Å². The summed E-state index contributed by atoms with van der Waals surface area (Å²) in [5.74, 6) is 0. The minimum atomic E-state index is 0.440. The Kier molecular flexibility index (Phi) is 5.90. The number of aromatic nitrogens is 3. The van der Waals surface area contributed by atoms with Crippen LogP contribution in [0.3, 0.4) is 0 Å². The van der Waals surface area contributed by atoms with E-state index in [1.165, 1.54) is 4.88 Å². The van der Waals surface area contributed by atoms with Crippen LogP contribution < -0.4 is 5.32 Å². The van der Waals surface area contributed by atoms with Crippen LogP contribution in [-0.4, -0.2) is 39.5 Å². The molecule has 2 aromatic rings. The molecule has 1 N–H and O–H groups in total. The average Bonchev–Trinajstić information content (AvgIpc) is 3.13. The van der Waals surface area contributed by atoms with Gasteiger partial charge in [-0.3, -0.25) is 9.58 Å². The molecule has 0 saturated carbocycles. The van der Waals surface area contributed by atoms with Gasteiger partial charge in [-0.15, -0.1) is 16.4 Å². The third kappa shape index (κ3) is 4.91. The van der Waals surface area contributed by atoms with Crippen LogP contribution in [-0.2, 0) is 13.1 Å². The fourth-order valence-corrected chi connectivity index (χ4v) is 2.89. The maximum atomic E-state index is 4.19. The van der Waals surface area contributed by atoms with Crippen molar-refractivity contribution in [2.75, 3.05) is 13.6 Å². The fourth-order valence-electron chi connectivity index (χ4n) is 2.04. The maximum absolute atomic E-state index is 4.19. The highest BCUT2D eigenvalue weighted by Crippen LogP contribution is 2.22. The van der Waals surface area contributed by atoms with Gasteiger partial charge in [0.1, 0.15) is 0 Å². The van der Waals surface area contributed by atoms with E-state index in [-0.39, 0.29) is 0 Å². The van der Waals surface area contributed by atoms with E-state index in [0.29, 0.717) is 12.1 Å². The lowest BCUT2D eigenvalue weighted by molar-refractivity contribution is 0.249. The van der Waals surface area contributed by atoms with Gasteiger partial charge in [-0.25, -0.2) is 0 Å². The number of hydrogen-bond donors (Lipinski definition) is 1. The molecule has 1 unspecified atom stereocenters. The number of nitrogens with zero attached hydrogens (tertiary/aromatic N) is 4. The highest BCUT2D eigenvalue weighted by molar-refractivity contribution is 7.10. The van der Waals surface area contributed by atoms with Crippen LogP contribution in [0.25, 0.3) is 0 Å². The van der Waals surface area contributed by atoms with Crippen molar-refractivity contribution in [2.45, 2.75) is 45.9 Å². The normalized spacial score (nSPS) is 13.2. The van der Waals surface area contributed by atoms with E-state index in [9.17, 15) is 0 Å². The monoisotopic (exact) mass is 307 g/mol. The lowest BCUT2D eigenvalue weighted by atomic mass is 10.2. The summed E-state index contributed by atoms with van der Waals surface area (Å²) in [6.45, 7) is 9.10. The van der Waals surface area contributed by atoms with Crippen LogP contribution in [0, 0.1) is 0 Å². The molecule has 0 aliphatic heterocycles. The molecule has 0 bridgehead atoms. The van der Waals surface area contributed by atoms with Crippen LogP contribution in [0.2, 0.25) is 0 Å². The summed E-state index contributed by atoms with van der Waals surface area (Å²) in [4.78, 5) is 3.75. The van der Waals surface area contributed by atoms with Crippen molar-refractivity contribution < 1.29 is 0 Å². The van der Waals surface area contributed by atoms with Crippen molar-refractivity contribution >= 4 is 11.3 Å². The highest BCUT2D eigenvalue weighted by Gasteiger charge is 2.12. The van der Waals surface area contributed by atoms with Gasteiger partial charge in [-0.1, -0.05) is 25.1 Å². The van der Waals surface area contributed by atoms with Crippen molar-refractivity contribution in [1.82, 2.24) is 25.2 Å². The Morgan fingerprint density at radius 2 is 2.19 bits per heavy atom. The molecule has 1 atom stereocenters. The number of hydrogen-bond acceptors (Lipinski definition) is 5. The molecular formula is C15H25N5S. The summed E-state index contributed by atoms with van der Waals surface area (Å²) in [6, 6.07) is 5.20. The molecule has 2 rings (SSSR count). The zero-order valence-electron chi connectivity index (χ0n) is 13.3. The molecule has 0 saturated heterocycles. The molecule has 0 aliphatic carbocycles. The van der Waals surface area contributed by atoms with E-state index in [4.69, 9.17) is 0 Å². The van der Waals surface area contributed by atoms with E-state index in [0.717, 1.165) is 25.3 Å². The summed E-state index contributed by atoms with van der Waals surface area (Å²) in [6.07, 6.45) is 2.03. The van der Waals surface area contributed by atoms with Crippen LogP contribution in [0.5, 0.6) is 0 Å². The van der Waals surface area contributed by atoms with Crippen LogP contribution in [0.4, 0.5) is 0 Å². The molecule has 0 spiro atoms. The largest absolute Gasteiger partial charge is 0.309 e. The lowest BCUT2D eigenvalue weighted by Crippen LogP contribution is -2.26. The first-order chi connectivity index (χ1) is 10.1. The van der Waals surface area contributed by atoms with Gasteiger partial charge in [0.25, 0.3) is 0 Å². The Bertz CT molecular complexity index is 520. The van der Waals surface area contributed by atoms with Gasteiger partial charge in [0.05, 0.1) is 12.2 Å². The summed E-state index contributed by atoms with van der Waals surface area (Å²) >= 11 is 1.81. The van der Waals surface area contributed by atoms with Crippen LogP contribution >= 0.6 is 11.3 Å². The molecule has 2 aromatic heterocycles. The second-order valence-corrected chi connectivity index (χ2v) is 6.66. The molecule has 5 nitrogen and oxygen atoms in total. The molecule has 116 valence electrons. The second-order valence-electron chi connectivity index (χ2n) is 5.68. The first-order valence-electron chi connectivity index (χ1n) is 7.42. The summed E-state index contributed by atoms with van der Waals surface area (Å²) in [5, 5.41) is 13.9. The Hall–Kier alpha value is -1.24. The molecule has 0 amide bonds. The Morgan fingerprint density at radius 1 is 1.38 bits per heavy atom. The zero-order valence-corrected chi connectivity index (χ0v) is 14.1. The van der Waals surface area contributed by atoms with E-state index in [2.05, 4.69) is 65.9 Å². The maximum Gasteiger partial charge on any atom is 0.0964 e. The van der Waals surface area contributed by atoms with Gasteiger partial charge in [-0.2, -0.15) is 0 Å². The minimum Gasteiger partial charge on any atom is -0.309 e. The Labute approximate surface area is 131 Å². The van der Waals surface area contributed by atoms with Crippen molar-refractivity contribution in [3.63, 3.8) is 0 Å². The Balaban J connectivity index is 1.80. The van der Waals surface area contributed by atoms with Gasteiger partial charge in [0, 0.05) is 36.2 Å². The molecular weight excluding hydrogens is 282 g/mol. The van der Waals surface area contributed by atoms with Crippen molar-refractivity contribution in [2.24, 2.45) is 0 Å². The predicted octanol–water partition coefficient (Wildman–Crippen LogP) is 2.53. The predicted molar refractivity (Wildman–Crippen MR) is 87.4 cm³/mol. The van der Waals surface area contributed by atoms with Crippen molar-refractivity contribution in [3.05, 3.63) is 34.3 Å². The van der Waals surface area contributed by atoms with Gasteiger partial charge < -0.3 is 5.32 Å². The number of rotatable bonds is 8. The molecule has 0 fully saturated rings. The SMILES string of the molecule is CC(C)NCc1cn(CCN(C)C(C)c2cccs2)nn1. The molecule has 0 aromatic carbocycles. The molecule has 0 radical (unpaired) electrons. The van der Waals surface area contributed by atoms with E-state index in [1.807, 2.05) is 22.2 Å². The summed E-state index contributed by atoms with van der Waals surface area (Å²) in [5.41, 5.74) is 0.998.